The van der Waals surface area contributed by atoms with Crippen LogP contribution in [0.2, 0.25) is 0 Å². The lowest BCUT2D eigenvalue weighted by atomic mass is 10.0. The molecule has 0 aromatic rings. The van der Waals surface area contributed by atoms with E-state index < -0.39 is 5.97 Å². The fourth-order valence-electron chi connectivity index (χ4n) is 3.15. The van der Waals surface area contributed by atoms with E-state index in [1.165, 1.54) is 89.9 Å². The molecule has 0 saturated carbocycles. The van der Waals surface area contributed by atoms with E-state index in [1.807, 2.05) is 6.08 Å². The van der Waals surface area contributed by atoms with Gasteiger partial charge in [0.1, 0.15) is 0 Å². The van der Waals surface area contributed by atoms with E-state index in [9.17, 15) is 4.79 Å². The summed E-state index contributed by atoms with van der Waals surface area (Å²) in [7, 11) is 0. The van der Waals surface area contributed by atoms with Gasteiger partial charge < -0.3 is 5.11 Å². The molecule has 152 valence electrons. The standard InChI is InChI=1S/C24H44O2/c1-2-3-4-5-6-7-8-9-10-11-12-13-14-15-16-17-18-19-20-21-22-23-24(25)26/h16-17,20-21H,2-15,18-19,22-23H2,1H3,(H,25,26)/b17-16+,21-20+. The van der Waals surface area contributed by atoms with Gasteiger partial charge in [-0.25, -0.2) is 0 Å². The molecule has 0 amide bonds. The topological polar surface area (TPSA) is 37.3 Å². The molecule has 2 heteroatoms. The summed E-state index contributed by atoms with van der Waals surface area (Å²) in [6.07, 6.45) is 31.2. The van der Waals surface area contributed by atoms with Crippen LogP contribution in [0.4, 0.5) is 0 Å². The Morgan fingerprint density at radius 1 is 0.577 bits per heavy atom. The molecule has 0 bridgehead atoms. The van der Waals surface area contributed by atoms with Gasteiger partial charge in [-0.1, -0.05) is 108 Å². The Balaban J connectivity index is 3.13. The molecule has 0 aromatic carbocycles. The minimum Gasteiger partial charge on any atom is -0.481 e. The van der Waals surface area contributed by atoms with Crippen LogP contribution in [0.25, 0.3) is 0 Å². The number of hydrogen-bond donors (Lipinski definition) is 1. The zero-order valence-corrected chi connectivity index (χ0v) is 17.4. The van der Waals surface area contributed by atoms with Crippen LogP contribution in [0.15, 0.2) is 24.3 Å². The molecule has 2 nitrogen and oxygen atoms in total. The number of allylic oxidation sites excluding steroid dienone is 4. The normalized spacial score (nSPS) is 11.7. The largest absolute Gasteiger partial charge is 0.481 e. The molecule has 0 atom stereocenters. The molecule has 0 aliphatic rings. The first-order valence-corrected chi connectivity index (χ1v) is 11.3. The molecule has 0 spiro atoms. The van der Waals surface area contributed by atoms with Gasteiger partial charge >= 0.3 is 5.97 Å². The third-order valence-electron chi connectivity index (χ3n) is 4.83. The van der Waals surface area contributed by atoms with Gasteiger partial charge in [0.15, 0.2) is 0 Å². The number of rotatable bonds is 20. The SMILES string of the molecule is CCCCCCCCCCCCCCC/C=C/CC/C=C/CCC(=O)O. The molecule has 26 heavy (non-hydrogen) atoms. The Hall–Kier alpha value is -1.05. The van der Waals surface area contributed by atoms with Gasteiger partial charge in [-0.15, -0.1) is 0 Å². The minimum absolute atomic E-state index is 0.241. The number of carboxylic acid groups (broad SMARTS) is 1. The van der Waals surface area contributed by atoms with Crippen molar-refractivity contribution < 1.29 is 9.90 Å². The second-order valence-electron chi connectivity index (χ2n) is 7.48. The smallest absolute Gasteiger partial charge is 0.303 e. The fraction of sp³-hybridized carbons (Fsp3) is 0.792. The van der Waals surface area contributed by atoms with Gasteiger partial charge in [-0.2, -0.15) is 0 Å². The van der Waals surface area contributed by atoms with Crippen LogP contribution < -0.4 is 0 Å². The lowest BCUT2D eigenvalue weighted by Gasteiger charge is -2.02. The molecule has 0 saturated heterocycles. The van der Waals surface area contributed by atoms with E-state index >= 15 is 0 Å². The fourth-order valence-corrected chi connectivity index (χ4v) is 3.15. The van der Waals surface area contributed by atoms with Crippen molar-refractivity contribution in [3.63, 3.8) is 0 Å². The summed E-state index contributed by atoms with van der Waals surface area (Å²) >= 11 is 0. The molecular weight excluding hydrogens is 320 g/mol. The van der Waals surface area contributed by atoms with Crippen LogP contribution in [0.5, 0.6) is 0 Å². The molecule has 0 rings (SSSR count). The van der Waals surface area contributed by atoms with Crippen molar-refractivity contribution in [2.75, 3.05) is 0 Å². The zero-order chi connectivity index (χ0) is 19.1. The maximum Gasteiger partial charge on any atom is 0.303 e. The van der Waals surface area contributed by atoms with E-state index in [2.05, 4.69) is 25.2 Å². The Morgan fingerprint density at radius 3 is 1.42 bits per heavy atom. The van der Waals surface area contributed by atoms with Crippen molar-refractivity contribution in [3.05, 3.63) is 24.3 Å². The third kappa shape index (κ3) is 22.9. The number of unbranched alkanes of at least 4 members (excludes halogenated alkanes) is 14. The van der Waals surface area contributed by atoms with Crippen LogP contribution >= 0.6 is 0 Å². The number of aliphatic carboxylic acids is 1. The van der Waals surface area contributed by atoms with Crippen LogP contribution in [0.3, 0.4) is 0 Å². The maximum atomic E-state index is 10.4. The van der Waals surface area contributed by atoms with Crippen LogP contribution in [0.1, 0.15) is 122 Å². The Morgan fingerprint density at radius 2 is 0.962 bits per heavy atom. The second kappa shape index (κ2) is 22.0. The molecular formula is C24H44O2. The van der Waals surface area contributed by atoms with Crippen LogP contribution in [-0.2, 0) is 4.79 Å². The van der Waals surface area contributed by atoms with Gasteiger partial charge in [0, 0.05) is 6.42 Å². The van der Waals surface area contributed by atoms with Crippen molar-refractivity contribution in [2.24, 2.45) is 0 Å². The first kappa shape index (κ1) is 24.9. The highest BCUT2D eigenvalue weighted by Gasteiger charge is 1.93. The van der Waals surface area contributed by atoms with Gasteiger partial charge in [-0.05, 0) is 32.1 Å². The summed E-state index contributed by atoms with van der Waals surface area (Å²) in [6.45, 7) is 2.28. The predicted molar refractivity (Wildman–Crippen MR) is 115 cm³/mol. The first-order valence-electron chi connectivity index (χ1n) is 11.3. The van der Waals surface area contributed by atoms with Gasteiger partial charge in [-0.3, -0.25) is 4.79 Å². The van der Waals surface area contributed by atoms with Gasteiger partial charge in [0.25, 0.3) is 0 Å². The summed E-state index contributed by atoms with van der Waals surface area (Å²) in [4.78, 5) is 10.4. The quantitative estimate of drug-likeness (QED) is 0.174. The van der Waals surface area contributed by atoms with Crippen molar-refractivity contribution in [3.8, 4) is 0 Å². The van der Waals surface area contributed by atoms with Crippen molar-refractivity contribution in [1.29, 1.82) is 0 Å². The van der Waals surface area contributed by atoms with E-state index in [-0.39, 0.29) is 6.42 Å². The highest BCUT2D eigenvalue weighted by Crippen LogP contribution is 2.13. The average Bonchev–Trinajstić information content (AvgIpc) is 2.62. The summed E-state index contributed by atoms with van der Waals surface area (Å²) in [5.41, 5.74) is 0. The summed E-state index contributed by atoms with van der Waals surface area (Å²) in [6, 6.07) is 0. The molecule has 1 N–H and O–H groups in total. The monoisotopic (exact) mass is 364 g/mol. The third-order valence-corrected chi connectivity index (χ3v) is 4.83. The highest BCUT2D eigenvalue weighted by molar-refractivity contribution is 5.66. The van der Waals surface area contributed by atoms with Crippen molar-refractivity contribution >= 4 is 5.97 Å². The van der Waals surface area contributed by atoms with E-state index in [4.69, 9.17) is 5.11 Å². The molecule has 0 unspecified atom stereocenters. The summed E-state index contributed by atoms with van der Waals surface area (Å²) < 4.78 is 0. The molecule has 0 aromatic heterocycles. The number of hydrogen-bond acceptors (Lipinski definition) is 1. The molecule has 0 radical (unpaired) electrons. The van der Waals surface area contributed by atoms with Gasteiger partial charge in [0.05, 0.1) is 0 Å². The minimum atomic E-state index is -0.715. The van der Waals surface area contributed by atoms with E-state index in [0.29, 0.717) is 6.42 Å². The number of carbonyl (C=O) groups is 1. The van der Waals surface area contributed by atoms with E-state index in [0.717, 1.165) is 12.8 Å². The second-order valence-corrected chi connectivity index (χ2v) is 7.48. The summed E-state index contributed by atoms with van der Waals surface area (Å²) in [5.74, 6) is -0.715. The molecule has 0 heterocycles. The zero-order valence-electron chi connectivity index (χ0n) is 17.4. The predicted octanol–water partition coefficient (Wildman–Crippen LogP) is 8.23. The first-order chi connectivity index (χ1) is 12.8. The van der Waals surface area contributed by atoms with E-state index in [1.54, 1.807) is 0 Å². The Kier molecular flexibility index (Phi) is 21.1. The lowest BCUT2D eigenvalue weighted by Crippen LogP contribution is -1.91. The summed E-state index contributed by atoms with van der Waals surface area (Å²) in [5, 5.41) is 8.53. The average molecular weight is 365 g/mol. The molecule has 0 aliphatic heterocycles. The van der Waals surface area contributed by atoms with Crippen LogP contribution in [-0.4, -0.2) is 11.1 Å². The van der Waals surface area contributed by atoms with Crippen molar-refractivity contribution in [1.82, 2.24) is 0 Å². The Labute approximate surface area is 163 Å². The molecule has 0 fully saturated rings. The maximum absolute atomic E-state index is 10.4. The lowest BCUT2D eigenvalue weighted by molar-refractivity contribution is -0.136. The molecule has 0 aliphatic carbocycles. The van der Waals surface area contributed by atoms with Gasteiger partial charge in [0.2, 0.25) is 0 Å². The number of carboxylic acids is 1. The van der Waals surface area contributed by atoms with Crippen LogP contribution in [0, 0.1) is 0 Å². The highest BCUT2D eigenvalue weighted by atomic mass is 16.4. The van der Waals surface area contributed by atoms with Crippen molar-refractivity contribution in [2.45, 2.75) is 122 Å². The Bertz CT molecular complexity index is 344.